The molecule has 52 heavy (non-hydrogen) atoms. The van der Waals surface area contributed by atoms with E-state index < -0.39 is 72.3 Å². The van der Waals surface area contributed by atoms with Crippen LogP contribution in [0.1, 0.15) is 111 Å². The van der Waals surface area contributed by atoms with Crippen molar-refractivity contribution in [2.45, 2.75) is 154 Å². The number of carbonyl (C=O) groups excluding carboxylic acids is 6. The average Bonchev–Trinajstić information content (AvgIpc) is 3.11. The highest BCUT2D eigenvalue weighted by Crippen LogP contribution is 2.28. The molecule has 2 aliphatic carbocycles. The number of cyclic esters (lactones) is 1. The lowest BCUT2D eigenvalue weighted by Crippen LogP contribution is -2.62. The van der Waals surface area contributed by atoms with Crippen molar-refractivity contribution in [3.8, 4) is 0 Å². The van der Waals surface area contributed by atoms with Crippen LogP contribution in [-0.2, 0) is 38.2 Å². The Morgan fingerprint density at radius 2 is 1.56 bits per heavy atom. The van der Waals surface area contributed by atoms with Crippen LogP contribution in [0, 0.1) is 17.8 Å². The van der Waals surface area contributed by atoms with Gasteiger partial charge in [0.1, 0.15) is 36.8 Å². The van der Waals surface area contributed by atoms with Crippen molar-refractivity contribution in [2.24, 2.45) is 29.2 Å². The maximum atomic E-state index is 14.2. The second-order valence-electron chi connectivity index (χ2n) is 15.4. The van der Waals surface area contributed by atoms with E-state index in [1.165, 1.54) is 4.90 Å². The Morgan fingerprint density at radius 1 is 0.885 bits per heavy atom. The first-order valence-electron chi connectivity index (χ1n) is 19.5. The third-order valence-corrected chi connectivity index (χ3v) is 10.6. The summed E-state index contributed by atoms with van der Waals surface area (Å²) in [7, 11) is 1.56. The largest absolute Gasteiger partial charge is 0.460 e. The van der Waals surface area contributed by atoms with Crippen LogP contribution in [0.5, 0.6) is 0 Å². The second-order valence-corrected chi connectivity index (χ2v) is 15.4. The molecule has 3 fully saturated rings. The lowest BCUT2D eigenvalue weighted by atomic mass is 9.83. The van der Waals surface area contributed by atoms with Crippen LogP contribution in [0.2, 0.25) is 0 Å². The molecule has 15 heteroatoms. The number of likely N-dealkylation sites (N-methyl/N-ethyl adjacent to an activating group) is 1. The summed E-state index contributed by atoms with van der Waals surface area (Å²) in [5.74, 6) is -4.55. The van der Waals surface area contributed by atoms with Gasteiger partial charge in [0.25, 0.3) is 0 Å². The van der Waals surface area contributed by atoms with E-state index in [-0.39, 0.29) is 43.0 Å². The molecule has 15 nitrogen and oxygen atoms in total. The molecule has 296 valence electrons. The number of esters is 1. The van der Waals surface area contributed by atoms with Gasteiger partial charge in [0.2, 0.25) is 29.5 Å². The van der Waals surface area contributed by atoms with Crippen LogP contribution in [-0.4, -0.2) is 110 Å². The van der Waals surface area contributed by atoms with Gasteiger partial charge in [-0.25, -0.2) is 0 Å². The van der Waals surface area contributed by atoms with Crippen LogP contribution >= 0.6 is 0 Å². The fourth-order valence-corrected chi connectivity index (χ4v) is 7.24. The van der Waals surface area contributed by atoms with Gasteiger partial charge in [-0.3, -0.25) is 28.8 Å². The normalized spacial score (nSPS) is 31.0. The highest BCUT2D eigenvalue weighted by atomic mass is 16.5. The van der Waals surface area contributed by atoms with E-state index >= 15 is 0 Å². The number of amides is 5. The molecule has 1 aliphatic heterocycles. The first-order valence-corrected chi connectivity index (χ1v) is 19.5. The van der Waals surface area contributed by atoms with Gasteiger partial charge < -0.3 is 47.1 Å². The molecule has 0 spiro atoms. The first kappa shape index (κ1) is 43.1. The minimum absolute atomic E-state index is 0.00301. The molecule has 6 atom stereocenters. The number of hydrogen-bond acceptors (Lipinski definition) is 10. The van der Waals surface area contributed by atoms with Gasteiger partial charge in [-0.1, -0.05) is 66.2 Å². The molecule has 2 saturated carbocycles. The first-order chi connectivity index (χ1) is 24.7. The van der Waals surface area contributed by atoms with Crippen molar-refractivity contribution in [3.63, 3.8) is 0 Å². The zero-order valence-electron chi connectivity index (χ0n) is 32.0. The molecule has 0 aromatic carbocycles. The third kappa shape index (κ3) is 13.0. The minimum Gasteiger partial charge on any atom is -0.460 e. The summed E-state index contributed by atoms with van der Waals surface area (Å²) < 4.78 is 11.7. The predicted octanol–water partition coefficient (Wildman–Crippen LogP) is 1.01. The number of carbonyl (C=O) groups is 6. The summed E-state index contributed by atoms with van der Waals surface area (Å²) in [6.07, 6.45) is 8.74. The van der Waals surface area contributed by atoms with Crippen molar-refractivity contribution < 1.29 is 38.2 Å². The highest BCUT2D eigenvalue weighted by Gasteiger charge is 2.39. The Hall–Kier alpha value is -3.30. The number of rotatable bonds is 12. The molecule has 0 aromatic heterocycles. The quantitative estimate of drug-likeness (QED) is 0.123. The molecule has 0 radical (unpaired) electrons. The number of hydrogen-bond donors (Lipinski definition) is 6. The van der Waals surface area contributed by atoms with Gasteiger partial charge >= 0.3 is 5.97 Å². The number of ether oxygens (including phenoxy) is 2. The molecular weight excluding hydrogens is 670 g/mol. The molecule has 0 unspecified atom stereocenters. The molecule has 1 saturated heterocycles. The Morgan fingerprint density at radius 3 is 2.17 bits per heavy atom. The molecule has 1 heterocycles. The Bertz CT molecular complexity index is 1210. The van der Waals surface area contributed by atoms with Gasteiger partial charge in [0, 0.05) is 19.6 Å². The van der Waals surface area contributed by atoms with Crippen molar-refractivity contribution in [1.82, 2.24) is 26.2 Å². The number of unbranched alkanes of at least 4 members (excludes halogenated alkanes) is 3. The lowest BCUT2D eigenvalue weighted by molar-refractivity contribution is -0.157. The molecule has 0 aromatic rings. The Kier molecular flexibility index (Phi) is 17.8. The number of nitrogens with one attached hydrogen (secondary N) is 4. The van der Waals surface area contributed by atoms with E-state index in [0.29, 0.717) is 44.9 Å². The zero-order chi connectivity index (χ0) is 38.4. The molecule has 5 amide bonds. The van der Waals surface area contributed by atoms with E-state index in [1.54, 1.807) is 14.0 Å². The van der Waals surface area contributed by atoms with Crippen molar-refractivity contribution >= 4 is 35.5 Å². The molecular formula is C37H65N7O8. The van der Waals surface area contributed by atoms with Gasteiger partial charge in [0.05, 0.1) is 18.6 Å². The van der Waals surface area contributed by atoms with Crippen LogP contribution < -0.4 is 32.7 Å². The van der Waals surface area contributed by atoms with Crippen molar-refractivity contribution in [1.29, 1.82) is 0 Å². The molecule has 3 rings (SSSR count). The van der Waals surface area contributed by atoms with E-state index in [2.05, 4.69) is 28.2 Å². The van der Waals surface area contributed by atoms with E-state index in [0.717, 1.165) is 38.5 Å². The van der Waals surface area contributed by atoms with E-state index in [1.807, 2.05) is 13.8 Å². The van der Waals surface area contributed by atoms with E-state index in [4.69, 9.17) is 20.9 Å². The average molecular weight is 736 g/mol. The summed E-state index contributed by atoms with van der Waals surface area (Å²) >= 11 is 0. The summed E-state index contributed by atoms with van der Waals surface area (Å²) in [6, 6.07) is -4.36. The predicted molar refractivity (Wildman–Crippen MR) is 195 cm³/mol. The Balaban J connectivity index is 1.98. The summed E-state index contributed by atoms with van der Waals surface area (Å²) in [6.45, 7) is 6.67. The highest BCUT2D eigenvalue weighted by molar-refractivity contribution is 5.96. The van der Waals surface area contributed by atoms with Crippen LogP contribution in [0.3, 0.4) is 0 Å². The van der Waals surface area contributed by atoms with Gasteiger partial charge in [0.15, 0.2) is 0 Å². The standard InChI is InChI=1S/C37H65N7O8/c1-6-7-8-12-15-30-23(4)37(50)44(5)29(16-22(2)3)35(48)43-32(24-13-10-9-11-14-24)36(49)41-27(19-38)34(47)42-28(21-51-26-17-25(39)18-26)33(46)40-20-31(45)52-30/h22-30,32H,6-21,38-39H2,1-5H3,(H,40,46)(H,41,49)(H,42,47)(H,43,48)/t23-,25-,26-,27+,28+,29+,30-,32+/m1/s1. The van der Waals surface area contributed by atoms with Gasteiger partial charge in [-0.2, -0.15) is 0 Å². The Labute approximate surface area is 309 Å². The zero-order valence-corrected chi connectivity index (χ0v) is 32.0. The van der Waals surface area contributed by atoms with Crippen molar-refractivity contribution in [3.05, 3.63) is 0 Å². The molecule has 0 bridgehead atoms. The smallest absolute Gasteiger partial charge is 0.325 e. The number of nitrogens with zero attached hydrogens (tertiary/aromatic N) is 1. The second kappa shape index (κ2) is 21.4. The summed E-state index contributed by atoms with van der Waals surface area (Å²) in [4.78, 5) is 83.8. The molecule has 8 N–H and O–H groups in total. The number of nitrogens with two attached hydrogens (primary N) is 2. The molecule has 3 aliphatic rings. The van der Waals surface area contributed by atoms with Crippen LogP contribution in [0.4, 0.5) is 0 Å². The maximum absolute atomic E-state index is 14.2. The maximum Gasteiger partial charge on any atom is 0.325 e. The summed E-state index contributed by atoms with van der Waals surface area (Å²) in [5, 5.41) is 10.9. The lowest BCUT2D eigenvalue weighted by Gasteiger charge is -2.36. The van der Waals surface area contributed by atoms with Crippen molar-refractivity contribution in [2.75, 3.05) is 26.7 Å². The third-order valence-electron chi connectivity index (χ3n) is 10.6. The SMILES string of the molecule is CCCCCC[C@H]1OC(=O)CNC(=O)[C@H](CO[C@H]2C[C@H](N)C2)NC(=O)[C@H](CN)NC(=O)[C@H](C2CCCCC2)NC(=O)[C@H](CC(C)C)N(C)C(=O)[C@@H]1C. The van der Waals surface area contributed by atoms with Crippen LogP contribution in [0.25, 0.3) is 0 Å². The van der Waals surface area contributed by atoms with Gasteiger partial charge in [-0.15, -0.1) is 0 Å². The fraction of sp³-hybridized carbons (Fsp3) is 0.838. The fourth-order valence-electron chi connectivity index (χ4n) is 7.24. The monoisotopic (exact) mass is 735 g/mol. The van der Waals surface area contributed by atoms with E-state index in [9.17, 15) is 28.8 Å². The summed E-state index contributed by atoms with van der Waals surface area (Å²) in [5.41, 5.74) is 11.9. The van der Waals surface area contributed by atoms with Gasteiger partial charge in [-0.05, 0) is 56.8 Å². The van der Waals surface area contributed by atoms with Crippen LogP contribution in [0.15, 0.2) is 0 Å². The minimum atomic E-state index is -1.24. The topological polar surface area (TPSA) is 224 Å².